The number of aromatic nitrogens is 3. The Labute approximate surface area is 113 Å². The van der Waals surface area contributed by atoms with E-state index in [1.807, 2.05) is 6.92 Å². The predicted octanol–water partition coefficient (Wildman–Crippen LogP) is -0.608. The van der Waals surface area contributed by atoms with E-state index < -0.39 is 0 Å². The van der Waals surface area contributed by atoms with Crippen LogP contribution in [0, 0.1) is 0 Å². The van der Waals surface area contributed by atoms with Gasteiger partial charge in [0.1, 0.15) is 5.82 Å². The minimum atomic E-state index is -0.198. The van der Waals surface area contributed by atoms with Crippen molar-refractivity contribution < 1.29 is 4.79 Å². The number of H-pyrrole nitrogens is 1. The number of carbonyl (C=O) groups is 1. The molecular formula is C12H22N6O. The number of rotatable bonds is 6. The van der Waals surface area contributed by atoms with Crippen LogP contribution in [0.15, 0.2) is 0 Å². The Morgan fingerprint density at radius 3 is 2.89 bits per heavy atom. The van der Waals surface area contributed by atoms with Gasteiger partial charge in [0, 0.05) is 39.1 Å². The third-order valence-electron chi connectivity index (χ3n) is 3.22. The summed E-state index contributed by atoms with van der Waals surface area (Å²) in [6, 6.07) is 0. The van der Waals surface area contributed by atoms with Gasteiger partial charge >= 0.3 is 0 Å². The first-order valence-electron chi connectivity index (χ1n) is 6.92. The van der Waals surface area contributed by atoms with Crippen molar-refractivity contribution in [3.63, 3.8) is 0 Å². The number of hydrogen-bond acceptors (Lipinski definition) is 5. The second kappa shape index (κ2) is 7.20. The van der Waals surface area contributed by atoms with Gasteiger partial charge in [-0.3, -0.25) is 9.89 Å². The monoisotopic (exact) mass is 266 g/mol. The van der Waals surface area contributed by atoms with Crippen molar-refractivity contribution in [1.29, 1.82) is 0 Å². The van der Waals surface area contributed by atoms with E-state index in [1.54, 1.807) is 0 Å². The normalized spacial score (nSPS) is 16.5. The predicted molar refractivity (Wildman–Crippen MR) is 72.0 cm³/mol. The van der Waals surface area contributed by atoms with E-state index >= 15 is 0 Å². The van der Waals surface area contributed by atoms with E-state index in [9.17, 15) is 4.79 Å². The Kier molecular flexibility index (Phi) is 5.29. The highest BCUT2D eigenvalue weighted by Gasteiger charge is 2.12. The van der Waals surface area contributed by atoms with Gasteiger partial charge in [-0.1, -0.05) is 6.92 Å². The molecule has 1 aromatic heterocycles. The van der Waals surface area contributed by atoms with Gasteiger partial charge in [-0.2, -0.15) is 0 Å². The van der Waals surface area contributed by atoms with Gasteiger partial charge in [0.15, 0.2) is 0 Å². The summed E-state index contributed by atoms with van der Waals surface area (Å²) in [5, 5.41) is 12.8. The fraction of sp³-hybridized carbons (Fsp3) is 0.750. The van der Waals surface area contributed by atoms with Crippen LogP contribution in [0.3, 0.4) is 0 Å². The topological polar surface area (TPSA) is 85.9 Å². The highest BCUT2D eigenvalue weighted by Crippen LogP contribution is 1.95. The molecule has 1 saturated heterocycles. The molecule has 0 radical (unpaired) electrons. The Morgan fingerprint density at radius 1 is 1.42 bits per heavy atom. The van der Waals surface area contributed by atoms with Crippen LogP contribution in [0.1, 0.15) is 29.8 Å². The molecule has 7 nitrogen and oxygen atoms in total. The molecule has 2 rings (SSSR count). The second-order valence-corrected chi connectivity index (χ2v) is 4.66. The molecule has 0 spiro atoms. The number of nitrogens with zero attached hydrogens (tertiary/aromatic N) is 3. The summed E-state index contributed by atoms with van der Waals surface area (Å²) in [5.74, 6) is 0.779. The van der Waals surface area contributed by atoms with Gasteiger partial charge < -0.3 is 15.5 Å². The molecule has 0 aromatic carbocycles. The van der Waals surface area contributed by atoms with Gasteiger partial charge in [0.05, 0.1) is 0 Å². The SMILES string of the molecule is CCc1nc(C(=O)NCCCN2CCNCC2)n[nH]1. The average Bonchev–Trinajstić information content (AvgIpc) is 2.93. The van der Waals surface area contributed by atoms with Crippen LogP contribution in [0.4, 0.5) is 0 Å². The minimum absolute atomic E-state index is 0.198. The lowest BCUT2D eigenvalue weighted by Gasteiger charge is -2.26. The van der Waals surface area contributed by atoms with Crippen molar-refractivity contribution in [2.24, 2.45) is 0 Å². The van der Waals surface area contributed by atoms with Crippen LogP contribution in [-0.2, 0) is 6.42 Å². The van der Waals surface area contributed by atoms with Crippen molar-refractivity contribution in [3.05, 3.63) is 11.6 Å². The molecule has 1 amide bonds. The summed E-state index contributed by atoms with van der Waals surface area (Å²) in [7, 11) is 0. The van der Waals surface area contributed by atoms with Gasteiger partial charge in [-0.05, 0) is 13.0 Å². The molecule has 7 heteroatoms. The average molecular weight is 266 g/mol. The highest BCUT2D eigenvalue weighted by molar-refractivity contribution is 5.90. The van der Waals surface area contributed by atoms with Gasteiger partial charge in [-0.15, -0.1) is 5.10 Å². The first-order valence-corrected chi connectivity index (χ1v) is 6.92. The molecule has 0 aliphatic carbocycles. The quantitative estimate of drug-likeness (QED) is 0.598. The van der Waals surface area contributed by atoms with Crippen LogP contribution < -0.4 is 10.6 Å². The lowest BCUT2D eigenvalue weighted by molar-refractivity contribution is 0.0941. The number of piperazine rings is 1. The molecule has 1 fully saturated rings. The smallest absolute Gasteiger partial charge is 0.290 e. The van der Waals surface area contributed by atoms with Crippen LogP contribution >= 0.6 is 0 Å². The van der Waals surface area contributed by atoms with Crippen molar-refractivity contribution >= 4 is 5.91 Å². The van der Waals surface area contributed by atoms with Crippen LogP contribution in [0.25, 0.3) is 0 Å². The summed E-state index contributed by atoms with van der Waals surface area (Å²) in [6.45, 7) is 7.96. The van der Waals surface area contributed by atoms with Gasteiger partial charge in [0.25, 0.3) is 5.91 Å². The lowest BCUT2D eigenvalue weighted by atomic mass is 10.3. The summed E-state index contributed by atoms with van der Waals surface area (Å²) in [6.07, 6.45) is 1.71. The molecule has 0 bridgehead atoms. The zero-order chi connectivity index (χ0) is 13.5. The summed E-state index contributed by atoms with van der Waals surface area (Å²) >= 11 is 0. The minimum Gasteiger partial charge on any atom is -0.349 e. The molecule has 1 aromatic rings. The maximum Gasteiger partial charge on any atom is 0.290 e. The number of nitrogens with one attached hydrogen (secondary N) is 3. The van der Waals surface area contributed by atoms with Crippen molar-refractivity contribution in [1.82, 2.24) is 30.7 Å². The largest absolute Gasteiger partial charge is 0.349 e. The Balaban J connectivity index is 1.63. The number of aryl methyl sites for hydroxylation is 1. The van der Waals surface area contributed by atoms with Gasteiger partial charge in [-0.25, -0.2) is 4.98 Å². The van der Waals surface area contributed by atoms with Crippen molar-refractivity contribution in [2.45, 2.75) is 19.8 Å². The molecule has 106 valence electrons. The molecule has 0 unspecified atom stereocenters. The van der Waals surface area contributed by atoms with Crippen LogP contribution in [0.2, 0.25) is 0 Å². The Hall–Kier alpha value is -1.47. The highest BCUT2D eigenvalue weighted by atomic mass is 16.2. The maximum atomic E-state index is 11.7. The van der Waals surface area contributed by atoms with E-state index in [0.717, 1.165) is 51.4 Å². The molecule has 2 heterocycles. The van der Waals surface area contributed by atoms with E-state index in [4.69, 9.17) is 0 Å². The van der Waals surface area contributed by atoms with E-state index in [2.05, 4.69) is 30.7 Å². The maximum absolute atomic E-state index is 11.7. The van der Waals surface area contributed by atoms with E-state index in [-0.39, 0.29) is 11.7 Å². The van der Waals surface area contributed by atoms with Gasteiger partial charge in [0.2, 0.25) is 5.82 Å². The standard InChI is InChI=1S/C12H22N6O/c1-2-10-15-11(17-16-10)12(19)14-4-3-7-18-8-5-13-6-9-18/h13H,2-9H2,1H3,(H,14,19)(H,15,16,17). The molecule has 0 atom stereocenters. The van der Waals surface area contributed by atoms with Crippen LogP contribution in [-0.4, -0.2) is 65.3 Å². The summed E-state index contributed by atoms with van der Waals surface area (Å²) < 4.78 is 0. The Bertz CT molecular complexity index is 399. The first kappa shape index (κ1) is 14.0. The molecule has 19 heavy (non-hydrogen) atoms. The number of amides is 1. The fourth-order valence-electron chi connectivity index (χ4n) is 2.07. The summed E-state index contributed by atoms with van der Waals surface area (Å²) in [4.78, 5) is 18.3. The molecular weight excluding hydrogens is 244 g/mol. The molecule has 3 N–H and O–H groups in total. The van der Waals surface area contributed by atoms with E-state index in [0.29, 0.717) is 6.54 Å². The molecule has 1 aliphatic heterocycles. The number of aromatic amines is 1. The van der Waals surface area contributed by atoms with Crippen molar-refractivity contribution in [2.75, 3.05) is 39.3 Å². The zero-order valence-electron chi connectivity index (χ0n) is 11.4. The molecule has 1 aliphatic rings. The van der Waals surface area contributed by atoms with Crippen LogP contribution in [0.5, 0.6) is 0 Å². The summed E-state index contributed by atoms with van der Waals surface area (Å²) in [5.41, 5.74) is 0. The third kappa shape index (κ3) is 4.29. The Morgan fingerprint density at radius 2 is 2.21 bits per heavy atom. The number of carbonyl (C=O) groups excluding carboxylic acids is 1. The third-order valence-corrected chi connectivity index (χ3v) is 3.22. The second-order valence-electron chi connectivity index (χ2n) is 4.66. The number of hydrogen-bond donors (Lipinski definition) is 3. The lowest BCUT2D eigenvalue weighted by Crippen LogP contribution is -2.44. The first-order chi connectivity index (χ1) is 9.29. The zero-order valence-corrected chi connectivity index (χ0v) is 11.4. The molecule has 0 saturated carbocycles. The fourth-order valence-corrected chi connectivity index (χ4v) is 2.07. The van der Waals surface area contributed by atoms with Crippen molar-refractivity contribution in [3.8, 4) is 0 Å². The van der Waals surface area contributed by atoms with E-state index in [1.165, 1.54) is 0 Å².